The SMILES string of the molecule is COc1cc(C(=N)N)cc(OC)c1Br. The van der Waals surface area contributed by atoms with Crippen molar-refractivity contribution in [3.8, 4) is 11.5 Å². The maximum atomic E-state index is 7.30. The van der Waals surface area contributed by atoms with E-state index in [4.69, 9.17) is 20.6 Å². The number of rotatable bonds is 3. The number of nitrogens with two attached hydrogens (primary N) is 1. The van der Waals surface area contributed by atoms with Crippen LogP contribution in [0.15, 0.2) is 16.6 Å². The lowest BCUT2D eigenvalue weighted by atomic mass is 10.2. The Morgan fingerprint density at radius 2 is 1.71 bits per heavy atom. The molecule has 0 saturated heterocycles. The molecular weight excluding hydrogens is 248 g/mol. The Bertz CT molecular complexity index is 341. The highest BCUT2D eigenvalue weighted by Crippen LogP contribution is 2.35. The van der Waals surface area contributed by atoms with Crippen molar-refractivity contribution in [2.75, 3.05) is 14.2 Å². The predicted octanol–water partition coefficient (Wildman–Crippen LogP) is 1.75. The number of halogens is 1. The summed E-state index contributed by atoms with van der Waals surface area (Å²) in [5.74, 6) is 1.17. The van der Waals surface area contributed by atoms with E-state index in [1.165, 1.54) is 0 Å². The number of ether oxygens (including phenoxy) is 2. The van der Waals surface area contributed by atoms with Gasteiger partial charge in [-0.2, -0.15) is 0 Å². The molecular formula is C9H11BrN2O2. The fourth-order valence-electron chi connectivity index (χ4n) is 1.02. The maximum Gasteiger partial charge on any atom is 0.137 e. The summed E-state index contributed by atoms with van der Waals surface area (Å²) in [5, 5.41) is 7.30. The Kier molecular flexibility index (Phi) is 3.35. The van der Waals surface area contributed by atoms with Crippen LogP contribution in [-0.2, 0) is 0 Å². The Labute approximate surface area is 90.6 Å². The lowest BCUT2D eigenvalue weighted by Crippen LogP contribution is -2.11. The van der Waals surface area contributed by atoms with Crippen LogP contribution in [0.5, 0.6) is 11.5 Å². The van der Waals surface area contributed by atoms with Crippen molar-refractivity contribution in [3.63, 3.8) is 0 Å². The van der Waals surface area contributed by atoms with Gasteiger partial charge in [-0.25, -0.2) is 0 Å². The molecule has 4 nitrogen and oxygen atoms in total. The third-order valence-corrected chi connectivity index (χ3v) is 2.54. The minimum atomic E-state index is -0.0194. The Hall–Kier alpha value is -1.23. The zero-order valence-electron chi connectivity index (χ0n) is 7.93. The molecule has 0 saturated carbocycles. The van der Waals surface area contributed by atoms with Crippen molar-refractivity contribution < 1.29 is 9.47 Å². The minimum Gasteiger partial charge on any atom is -0.495 e. The Morgan fingerprint density at radius 3 is 2.00 bits per heavy atom. The summed E-state index contributed by atoms with van der Waals surface area (Å²) in [7, 11) is 3.09. The summed E-state index contributed by atoms with van der Waals surface area (Å²) < 4.78 is 10.9. The van der Waals surface area contributed by atoms with Crippen LogP contribution in [0.2, 0.25) is 0 Å². The maximum absolute atomic E-state index is 7.30. The van der Waals surface area contributed by atoms with E-state index in [-0.39, 0.29) is 5.84 Å². The van der Waals surface area contributed by atoms with E-state index in [9.17, 15) is 0 Å². The highest BCUT2D eigenvalue weighted by Gasteiger charge is 2.10. The molecule has 1 rings (SSSR count). The first-order chi connectivity index (χ1) is 6.60. The summed E-state index contributed by atoms with van der Waals surface area (Å²) in [6.07, 6.45) is 0. The number of methoxy groups -OCH3 is 2. The van der Waals surface area contributed by atoms with Crippen LogP contribution in [0.25, 0.3) is 0 Å². The summed E-state index contributed by atoms with van der Waals surface area (Å²) in [5.41, 5.74) is 5.94. The van der Waals surface area contributed by atoms with Gasteiger partial charge in [-0.1, -0.05) is 0 Å². The molecule has 1 aromatic rings. The fourth-order valence-corrected chi connectivity index (χ4v) is 1.58. The lowest BCUT2D eigenvalue weighted by Gasteiger charge is -2.10. The van der Waals surface area contributed by atoms with Gasteiger partial charge in [0.05, 0.1) is 14.2 Å². The molecule has 0 spiro atoms. The molecule has 0 radical (unpaired) electrons. The van der Waals surface area contributed by atoms with Crippen molar-refractivity contribution in [2.45, 2.75) is 0 Å². The summed E-state index contributed by atoms with van der Waals surface area (Å²) in [4.78, 5) is 0. The number of hydrogen-bond donors (Lipinski definition) is 2. The normalized spacial score (nSPS) is 9.64. The quantitative estimate of drug-likeness (QED) is 0.641. The van der Waals surface area contributed by atoms with Crippen LogP contribution < -0.4 is 15.2 Å². The van der Waals surface area contributed by atoms with Gasteiger partial charge in [-0.05, 0) is 28.1 Å². The smallest absolute Gasteiger partial charge is 0.137 e. The molecule has 0 heterocycles. The van der Waals surface area contributed by atoms with Crippen LogP contribution in [-0.4, -0.2) is 20.1 Å². The van der Waals surface area contributed by atoms with Crippen LogP contribution in [0, 0.1) is 5.41 Å². The predicted molar refractivity (Wildman–Crippen MR) is 58.3 cm³/mol. The van der Waals surface area contributed by atoms with Crippen LogP contribution >= 0.6 is 15.9 Å². The standard InChI is InChI=1S/C9H11BrN2O2/c1-13-6-3-5(9(11)12)4-7(14-2)8(6)10/h3-4H,1-2H3,(H3,11,12). The number of nitrogens with one attached hydrogen (secondary N) is 1. The highest BCUT2D eigenvalue weighted by atomic mass is 79.9. The molecule has 14 heavy (non-hydrogen) atoms. The van der Waals surface area contributed by atoms with Gasteiger partial charge in [0.25, 0.3) is 0 Å². The van der Waals surface area contributed by atoms with Crippen molar-refractivity contribution >= 4 is 21.8 Å². The number of benzene rings is 1. The van der Waals surface area contributed by atoms with Gasteiger partial charge in [-0.15, -0.1) is 0 Å². The molecule has 0 fully saturated rings. The largest absolute Gasteiger partial charge is 0.495 e. The molecule has 3 N–H and O–H groups in total. The summed E-state index contributed by atoms with van der Waals surface area (Å²) >= 11 is 3.32. The molecule has 0 aliphatic carbocycles. The fraction of sp³-hybridized carbons (Fsp3) is 0.222. The molecule has 5 heteroatoms. The molecule has 0 aromatic heterocycles. The molecule has 0 atom stereocenters. The monoisotopic (exact) mass is 258 g/mol. The zero-order valence-corrected chi connectivity index (χ0v) is 9.51. The summed E-state index contributed by atoms with van der Waals surface area (Å²) in [6.45, 7) is 0. The van der Waals surface area contributed by atoms with E-state index < -0.39 is 0 Å². The van der Waals surface area contributed by atoms with E-state index in [1.807, 2.05) is 0 Å². The van der Waals surface area contributed by atoms with E-state index in [1.54, 1.807) is 26.4 Å². The molecule has 0 bridgehead atoms. The van der Waals surface area contributed by atoms with Gasteiger partial charge in [0.15, 0.2) is 0 Å². The average molecular weight is 259 g/mol. The number of amidine groups is 1. The van der Waals surface area contributed by atoms with Gasteiger partial charge >= 0.3 is 0 Å². The van der Waals surface area contributed by atoms with Gasteiger partial charge < -0.3 is 15.2 Å². The molecule has 0 aliphatic heterocycles. The van der Waals surface area contributed by atoms with Crippen LogP contribution in [0.3, 0.4) is 0 Å². The first-order valence-electron chi connectivity index (χ1n) is 3.86. The highest BCUT2D eigenvalue weighted by molar-refractivity contribution is 9.10. The van der Waals surface area contributed by atoms with Gasteiger partial charge in [0.2, 0.25) is 0 Å². The third kappa shape index (κ3) is 1.98. The second kappa shape index (κ2) is 4.32. The average Bonchev–Trinajstić information content (AvgIpc) is 2.17. The molecule has 0 amide bonds. The van der Waals surface area contributed by atoms with Crippen LogP contribution in [0.4, 0.5) is 0 Å². The van der Waals surface area contributed by atoms with Gasteiger partial charge in [0, 0.05) is 5.56 Å². The van der Waals surface area contributed by atoms with Crippen molar-refractivity contribution in [1.29, 1.82) is 5.41 Å². The second-order valence-corrected chi connectivity index (χ2v) is 3.40. The number of nitrogen functional groups attached to an aromatic ring is 1. The molecule has 76 valence electrons. The number of hydrogen-bond acceptors (Lipinski definition) is 3. The Balaban J connectivity index is 3.32. The Morgan fingerprint density at radius 1 is 1.29 bits per heavy atom. The van der Waals surface area contributed by atoms with Crippen molar-refractivity contribution in [1.82, 2.24) is 0 Å². The zero-order chi connectivity index (χ0) is 10.7. The van der Waals surface area contributed by atoms with Gasteiger partial charge in [0.1, 0.15) is 21.8 Å². The van der Waals surface area contributed by atoms with E-state index >= 15 is 0 Å². The second-order valence-electron chi connectivity index (χ2n) is 2.61. The summed E-state index contributed by atoms with van der Waals surface area (Å²) in [6, 6.07) is 3.35. The van der Waals surface area contributed by atoms with E-state index in [2.05, 4.69) is 15.9 Å². The first kappa shape index (κ1) is 10.8. The van der Waals surface area contributed by atoms with Crippen molar-refractivity contribution in [2.24, 2.45) is 5.73 Å². The van der Waals surface area contributed by atoms with Gasteiger partial charge in [-0.3, -0.25) is 5.41 Å². The topological polar surface area (TPSA) is 68.3 Å². The lowest BCUT2D eigenvalue weighted by molar-refractivity contribution is 0.389. The first-order valence-corrected chi connectivity index (χ1v) is 4.65. The third-order valence-electron chi connectivity index (χ3n) is 1.76. The molecule has 0 unspecified atom stereocenters. The molecule has 1 aromatic carbocycles. The molecule has 0 aliphatic rings. The van der Waals surface area contributed by atoms with E-state index in [0.717, 1.165) is 0 Å². The van der Waals surface area contributed by atoms with E-state index in [0.29, 0.717) is 21.5 Å². The van der Waals surface area contributed by atoms with Crippen LogP contribution in [0.1, 0.15) is 5.56 Å². The van der Waals surface area contributed by atoms with Crippen molar-refractivity contribution in [3.05, 3.63) is 22.2 Å². The minimum absolute atomic E-state index is 0.0194.